The third-order valence-electron chi connectivity index (χ3n) is 2.34. The van der Waals surface area contributed by atoms with E-state index in [2.05, 4.69) is 24.2 Å². The molecule has 0 fully saturated rings. The van der Waals surface area contributed by atoms with Gasteiger partial charge in [0.05, 0.1) is 0 Å². The minimum Gasteiger partial charge on any atom is -0.370 e. The molecule has 0 heterocycles. The number of hydrogen-bond acceptors (Lipinski definition) is 1. The number of benzene rings is 1. The molecule has 3 N–H and O–H groups in total. The second kappa shape index (κ2) is 7.49. The van der Waals surface area contributed by atoms with E-state index in [1.54, 1.807) is 6.07 Å². The van der Waals surface area contributed by atoms with Crippen molar-refractivity contribution in [2.24, 2.45) is 16.6 Å². The SMILES string of the molecule is CC(C)CN=C(N)NCCc1ccc(Cl)cc1Cl. The predicted octanol–water partition coefficient (Wildman–Crippen LogP) is 3.10. The molecular formula is C13H19Cl2N3. The maximum atomic E-state index is 6.07. The quantitative estimate of drug-likeness (QED) is 0.646. The molecule has 1 aromatic carbocycles. The molecule has 5 heteroatoms. The van der Waals surface area contributed by atoms with Gasteiger partial charge >= 0.3 is 0 Å². The summed E-state index contributed by atoms with van der Waals surface area (Å²) in [5, 5.41) is 4.39. The van der Waals surface area contributed by atoms with Gasteiger partial charge in [0.15, 0.2) is 5.96 Å². The van der Waals surface area contributed by atoms with Crippen LogP contribution < -0.4 is 11.1 Å². The lowest BCUT2D eigenvalue weighted by Crippen LogP contribution is -2.33. The van der Waals surface area contributed by atoms with E-state index in [1.807, 2.05) is 12.1 Å². The number of hydrogen-bond donors (Lipinski definition) is 2. The number of guanidine groups is 1. The van der Waals surface area contributed by atoms with Crippen LogP contribution in [0.2, 0.25) is 10.0 Å². The maximum absolute atomic E-state index is 6.07. The van der Waals surface area contributed by atoms with Crippen LogP contribution in [0.25, 0.3) is 0 Å². The van der Waals surface area contributed by atoms with E-state index in [4.69, 9.17) is 28.9 Å². The molecule has 0 saturated carbocycles. The zero-order valence-corrected chi connectivity index (χ0v) is 12.2. The first kappa shape index (κ1) is 15.1. The largest absolute Gasteiger partial charge is 0.370 e. The fraction of sp³-hybridized carbons (Fsp3) is 0.462. The Morgan fingerprint density at radius 2 is 2.11 bits per heavy atom. The Labute approximate surface area is 118 Å². The highest BCUT2D eigenvalue weighted by molar-refractivity contribution is 6.35. The molecule has 0 aliphatic carbocycles. The number of nitrogens with one attached hydrogen (secondary N) is 1. The number of nitrogens with two attached hydrogens (primary N) is 1. The zero-order valence-electron chi connectivity index (χ0n) is 10.7. The lowest BCUT2D eigenvalue weighted by Gasteiger charge is -2.08. The van der Waals surface area contributed by atoms with Crippen LogP contribution in [0.15, 0.2) is 23.2 Å². The van der Waals surface area contributed by atoms with Crippen LogP contribution in [0.1, 0.15) is 19.4 Å². The van der Waals surface area contributed by atoms with E-state index in [1.165, 1.54) is 0 Å². The summed E-state index contributed by atoms with van der Waals surface area (Å²) in [7, 11) is 0. The van der Waals surface area contributed by atoms with Crippen molar-refractivity contribution in [3.05, 3.63) is 33.8 Å². The van der Waals surface area contributed by atoms with Crippen molar-refractivity contribution < 1.29 is 0 Å². The molecular weight excluding hydrogens is 269 g/mol. The van der Waals surface area contributed by atoms with E-state index in [0.717, 1.165) is 18.5 Å². The van der Waals surface area contributed by atoms with E-state index in [0.29, 0.717) is 28.5 Å². The monoisotopic (exact) mass is 287 g/mol. The summed E-state index contributed by atoms with van der Waals surface area (Å²) in [4.78, 5) is 4.22. The molecule has 0 saturated heterocycles. The standard InChI is InChI=1S/C13H19Cl2N3/c1-9(2)8-18-13(16)17-6-5-10-3-4-11(14)7-12(10)15/h3-4,7,9H,5-6,8H2,1-2H3,(H3,16,17,18). The van der Waals surface area contributed by atoms with Gasteiger partial charge in [0, 0.05) is 23.1 Å². The molecule has 3 nitrogen and oxygen atoms in total. The Balaban J connectivity index is 2.39. The van der Waals surface area contributed by atoms with Crippen LogP contribution in [-0.4, -0.2) is 19.0 Å². The van der Waals surface area contributed by atoms with Crippen molar-refractivity contribution in [1.29, 1.82) is 0 Å². The molecule has 0 amide bonds. The van der Waals surface area contributed by atoms with E-state index < -0.39 is 0 Å². The molecule has 0 bridgehead atoms. The van der Waals surface area contributed by atoms with Crippen LogP contribution >= 0.6 is 23.2 Å². The van der Waals surface area contributed by atoms with Crippen LogP contribution in [0.3, 0.4) is 0 Å². The molecule has 0 aliphatic rings. The molecule has 0 radical (unpaired) electrons. The van der Waals surface area contributed by atoms with Crippen molar-refractivity contribution in [3.8, 4) is 0 Å². The highest BCUT2D eigenvalue weighted by Crippen LogP contribution is 2.20. The average Bonchev–Trinajstić information content (AvgIpc) is 2.29. The first-order chi connectivity index (χ1) is 8.49. The van der Waals surface area contributed by atoms with Gasteiger partial charge in [0.2, 0.25) is 0 Å². The predicted molar refractivity (Wildman–Crippen MR) is 79.5 cm³/mol. The molecule has 0 aliphatic heterocycles. The summed E-state index contributed by atoms with van der Waals surface area (Å²) in [6, 6.07) is 5.50. The molecule has 1 rings (SSSR count). The highest BCUT2D eigenvalue weighted by Gasteiger charge is 2.01. The second-order valence-electron chi connectivity index (χ2n) is 4.53. The van der Waals surface area contributed by atoms with Gasteiger partial charge in [0.1, 0.15) is 0 Å². The van der Waals surface area contributed by atoms with Gasteiger partial charge in [-0.3, -0.25) is 4.99 Å². The fourth-order valence-corrected chi connectivity index (χ4v) is 1.89. The smallest absolute Gasteiger partial charge is 0.188 e. The minimum atomic E-state index is 0.480. The maximum Gasteiger partial charge on any atom is 0.188 e. The van der Waals surface area contributed by atoms with Gasteiger partial charge in [-0.15, -0.1) is 0 Å². The lowest BCUT2D eigenvalue weighted by atomic mass is 10.1. The number of aliphatic imine (C=N–C) groups is 1. The Hall–Kier alpha value is -0.930. The highest BCUT2D eigenvalue weighted by atomic mass is 35.5. The molecule has 0 aromatic heterocycles. The third-order valence-corrected chi connectivity index (χ3v) is 2.93. The van der Waals surface area contributed by atoms with Gasteiger partial charge in [-0.25, -0.2) is 0 Å². The summed E-state index contributed by atoms with van der Waals surface area (Å²) in [5.74, 6) is 0.991. The molecule has 1 aromatic rings. The Morgan fingerprint density at radius 1 is 1.39 bits per heavy atom. The summed E-state index contributed by atoms with van der Waals surface area (Å²) in [6.07, 6.45) is 0.786. The summed E-state index contributed by atoms with van der Waals surface area (Å²) >= 11 is 11.9. The van der Waals surface area contributed by atoms with Crippen LogP contribution in [0, 0.1) is 5.92 Å². The van der Waals surface area contributed by atoms with Gasteiger partial charge in [-0.1, -0.05) is 43.1 Å². The van der Waals surface area contributed by atoms with E-state index >= 15 is 0 Å². The summed E-state index contributed by atoms with van der Waals surface area (Å²) in [5.41, 5.74) is 6.78. The van der Waals surface area contributed by atoms with E-state index in [-0.39, 0.29) is 0 Å². The molecule has 100 valence electrons. The summed E-state index contributed by atoms with van der Waals surface area (Å²) < 4.78 is 0. The van der Waals surface area contributed by atoms with Crippen molar-refractivity contribution in [2.45, 2.75) is 20.3 Å². The van der Waals surface area contributed by atoms with Gasteiger partial charge < -0.3 is 11.1 Å². The summed E-state index contributed by atoms with van der Waals surface area (Å²) in [6.45, 7) is 5.64. The van der Waals surface area contributed by atoms with Crippen molar-refractivity contribution >= 4 is 29.2 Å². The Bertz CT molecular complexity index is 417. The number of halogens is 2. The van der Waals surface area contributed by atoms with Crippen molar-refractivity contribution in [2.75, 3.05) is 13.1 Å². The Kier molecular flexibility index (Phi) is 6.30. The van der Waals surface area contributed by atoms with Gasteiger partial charge in [0.25, 0.3) is 0 Å². The van der Waals surface area contributed by atoms with Crippen molar-refractivity contribution in [1.82, 2.24) is 5.32 Å². The van der Waals surface area contributed by atoms with Crippen LogP contribution in [0.4, 0.5) is 0 Å². The number of rotatable bonds is 5. The minimum absolute atomic E-state index is 0.480. The molecule has 0 atom stereocenters. The normalized spacial score (nSPS) is 11.9. The van der Waals surface area contributed by atoms with E-state index in [9.17, 15) is 0 Å². The van der Waals surface area contributed by atoms with Crippen LogP contribution in [-0.2, 0) is 6.42 Å². The topological polar surface area (TPSA) is 50.4 Å². The zero-order chi connectivity index (χ0) is 13.5. The third kappa shape index (κ3) is 5.61. The lowest BCUT2D eigenvalue weighted by molar-refractivity contribution is 0.661. The van der Waals surface area contributed by atoms with Gasteiger partial charge in [-0.05, 0) is 30.0 Å². The molecule has 0 spiro atoms. The molecule has 0 unspecified atom stereocenters. The number of nitrogens with zero attached hydrogens (tertiary/aromatic N) is 1. The first-order valence-electron chi connectivity index (χ1n) is 5.96. The first-order valence-corrected chi connectivity index (χ1v) is 6.72. The molecule has 18 heavy (non-hydrogen) atoms. The van der Waals surface area contributed by atoms with Gasteiger partial charge in [-0.2, -0.15) is 0 Å². The van der Waals surface area contributed by atoms with Crippen LogP contribution in [0.5, 0.6) is 0 Å². The second-order valence-corrected chi connectivity index (χ2v) is 5.38. The average molecular weight is 288 g/mol. The Morgan fingerprint density at radius 3 is 2.72 bits per heavy atom. The van der Waals surface area contributed by atoms with Crippen molar-refractivity contribution in [3.63, 3.8) is 0 Å². The fourth-order valence-electron chi connectivity index (χ4n) is 1.39.